The van der Waals surface area contributed by atoms with Crippen LogP contribution in [0.1, 0.15) is 30.5 Å². The molecule has 0 N–H and O–H groups in total. The number of halogens is 4. The molecule has 3 atom stereocenters. The zero-order chi connectivity index (χ0) is 24.2. The van der Waals surface area contributed by atoms with Gasteiger partial charge in [-0.15, -0.1) is 0 Å². The minimum atomic E-state index is -5.19. The Morgan fingerprint density at radius 3 is 2.36 bits per heavy atom. The standard InChI is InChI=1S/C25H23BrF3NO3/c1-17-14-16-24(23(32)33-2,15-8-11-18-9-4-3-5-10-18)30(22(31)25(27,28)29)21(17)19-12-6-7-13-20(19)26/h3-14,16-17,21H,15H2,1-2H3/t17-,21-,24+/m1/s1. The first kappa shape index (κ1) is 24.8. The van der Waals surface area contributed by atoms with Crippen LogP contribution >= 0.6 is 15.9 Å². The Morgan fingerprint density at radius 2 is 1.76 bits per heavy atom. The minimum Gasteiger partial charge on any atom is -0.467 e. The van der Waals surface area contributed by atoms with E-state index in [-0.39, 0.29) is 6.42 Å². The quantitative estimate of drug-likeness (QED) is 0.352. The first-order valence-corrected chi connectivity index (χ1v) is 11.1. The van der Waals surface area contributed by atoms with E-state index in [1.165, 1.54) is 6.08 Å². The Bertz CT molecular complexity index is 1070. The van der Waals surface area contributed by atoms with Crippen molar-refractivity contribution in [3.63, 3.8) is 0 Å². The van der Waals surface area contributed by atoms with Gasteiger partial charge in [0.1, 0.15) is 0 Å². The number of rotatable bonds is 5. The van der Waals surface area contributed by atoms with E-state index in [1.54, 1.807) is 49.4 Å². The maximum Gasteiger partial charge on any atom is 0.471 e. The topological polar surface area (TPSA) is 46.6 Å². The number of hydrogen-bond acceptors (Lipinski definition) is 3. The molecule has 0 unspecified atom stereocenters. The minimum absolute atomic E-state index is 0.194. The van der Waals surface area contributed by atoms with Crippen LogP contribution < -0.4 is 0 Å². The molecule has 0 radical (unpaired) electrons. The molecule has 174 valence electrons. The van der Waals surface area contributed by atoms with Crippen molar-refractivity contribution in [2.75, 3.05) is 7.11 Å². The van der Waals surface area contributed by atoms with Crippen molar-refractivity contribution in [3.05, 3.63) is 88.4 Å². The summed E-state index contributed by atoms with van der Waals surface area (Å²) in [6.07, 6.45) is 0.918. The van der Waals surface area contributed by atoms with Gasteiger partial charge in [-0.1, -0.05) is 95.7 Å². The van der Waals surface area contributed by atoms with E-state index in [9.17, 15) is 22.8 Å². The van der Waals surface area contributed by atoms with E-state index in [0.29, 0.717) is 14.9 Å². The zero-order valence-electron chi connectivity index (χ0n) is 18.1. The average molecular weight is 522 g/mol. The van der Waals surface area contributed by atoms with Crippen LogP contribution in [-0.2, 0) is 14.3 Å². The second kappa shape index (κ2) is 9.95. The second-order valence-corrected chi connectivity index (χ2v) is 8.64. The first-order valence-electron chi connectivity index (χ1n) is 10.3. The lowest BCUT2D eigenvalue weighted by Gasteiger charge is -2.48. The van der Waals surface area contributed by atoms with Gasteiger partial charge in [-0.25, -0.2) is 4.79 Å². The molecule has 3 rings (SSSR count). The predicted molar refractivity (Wildman–Crippen MR) is 123 cm³/mol. The van der Waals surface area contributed by atoms with Crippen molar-refractivity contribution >= 4 is 33.9 Å². The molecule has 1 heterocycles. The van der Waals surface area contributed by atoms with Crippen LogP contribution in [0.25, 0.3) is 6.08 Å². The summed E-state index contributed by atoms with van der Waals surface area (Å²) in [6.45, 7) is 1.71. The van der Waals surface area contributed by atoms with Crippen LogP contribution in [0.5, 0.6) is 0 Å². The second-order valence-electron chi connectivity index (χ2n) is 7.79. The van der Waals surface area contributed by atoms with Crippen LogP contribution in [0.15, 0.2) is 77.3 Å². The molecule has 0 aromatic heterocycles. The van der Waals surface area contributed by atoms with Crippen LogP contribution in [0.2, 0.25) is 0 Å². The zero-order valence-corrected chi connectivity index (χ0v) is 19.6. The molecule has 33 heavy (non-hydrogen) atoms. The molecule has 8 heteroatoms. The highest BCUT2D eigenvalue weighted by molar-refractivity contribution is 9.10. The number of nitrogens with zero attached hydrogens (tertiary/aromatic N) is 1. The fraction of sp³-hybridized carbons (Fsp3) is 0.280. The Balaban J connectivity index is 2.18. The Hall–Kier alpha value is -2.87. The largest absolute Gasteiger partial charge is 0.471 e. The van der Waals surface area contributed by atoms with E-state index in [4.69, 9.17) is 4.74 Å². The lowest BCUT2D eigenvalue weighted by Crippen LogP contribution is -2.62. The third-order valence-corrected chi connectivity index (χ3v) is 6.37. The van der Waals surface area contributed by atoms with Gasteiger partial charge in [0.05, 0.1) is 13.2 Å². The molecule has 4 nitrogen and oxygen atoms in total. The van der Waals surface area contributed by atoms with Crippen molar-refractivity contribution < 1.29 is 27.5 Å². The van der Waals surface area contributed by atoms with Gasteiger partial charge in [-0.2, -0.15) is 13.2 Å². The number of esters is 1. The maximum absolute atomic E-state index is 13.9. The highest BCUT2D eigenvalue weighted by Gasteiger charge is 2.57. The average Bonchev–Trinajstić information content (AvgIpc) is 2.79. The van der Waals surface area contributed by atoms with Crippen LogP contribution in [0.3, 0.4) is 0 Å². The Labute approximate surface area is 198 Å². The molecule has 2 aromatic rings. The molecule has 0 fully saturated rings. The Morgan fingerprint density at radius 1 is 1.12 bits per heavy atom. The van der Waals surface area contributed by atoms with Gasteiger partial charge < -0.3 is 9.64 Å². The summed E-state index contributed by atoms with van der Waals surface area (Å²) in [5, 5.41) is 0. The number of alkyl halides is 3. The van der Waals surface area contributed by atoms with Gasteiger partial charge in [-0.05, 0) is 23.1 Å². The van der Waals surface area contributed by atoms with Crippen molar-refractivity contribution in [1.29, 1.82) is 0 Å². The molecule has 0 saturated carbocycles. The van der Waals surface area contributed by atoms with E-state index in [1.807, 2.05) is 30.3 Å². The number of carbonyl (C=O) groups excluding carboxylic acids is 2. The molecule has 1 aliphatic rings. The van der Waals surface area contributed by atoms with Crippen LogP contribution in [-0.4, -0.2) is 35.6 Å². The lowest BCUT2D eigenvalue weighted by molar-refractivity contribution is -0.199. The van der Waals surface area contributed by atoms with Crippen LogP contribution in [0, 0.1) is 5.92 Å². The summed E-state index contributed by atoms with van der Waals surface area (Å²) in [7, 11) is 1.10. The summed E-state index contributed by atoms with van der Waals surface area (Å²) in [6, 6.07) is 14.8. The number of carbonyl (C=O) groups is 2. The van der Waals surface area contributed by atoms with Crippen molar-refractivity contribution in [1.82, 2.24) is 4.90 Å². The number of ether oxygens (including phenoxy) is 1. The number of amides is 1. The molecule has 0 spiro atoms. The van der Waals surface area contributed by atoms with Gasteiger partial charge >= 0.3 is 18.1 Å². The Kier molecular flexibility index (Phi) is 7.47. The fourth-order valence-electron chi connectivity index (χ4n) is 4.09. The van der Waals surface area contributed by atoms with Crippen LogP contribution in [0.4, 0.5) is 13.2 Å². The van der Waals surface area contributed by atoms with Gasteiger partial charge in [-0.3, -0.25) is 4.79 Å². The fourth-order valence-corrected chi connectivity index (χ4v) is 4.61. The van der Waals surface area contributed by atoms with Gasteiger partial charge in [0, 0.05) is 10.9 Å². The van der Waals surface area contributed by atoms with E-state index in [0.717, 1.165) is 12.7 Å². The lowest BCUT2D eigenvalue weighted by atomic mass is 9.79. The molecule has 1 aliphatic heterocycles. The first-order chi connectivity index (χ1) is 15.6. The third-order valence-electron chi connectivity index (χ3n) is 5.64. The van der Waals surface area contributed by atoms with Crippen molar-refractivity contribution in [2.45, 2.75) is 31.1 Å². The highest BCUT2D eigenvalue weighted by atomic mass is 79.9. The molecular formula is C25H23BrF3NO3. The molecule has 1 amide bonds. The van der Waals surface area contributed by atoms with Gasteiger partial charge in [0.2, 0.25) is 0 Å². The highest BCUT2D eigenvalue weighted by Crippen LogP contribution is 2.46. The summed E-state index contributed by atoms with van der Waals surface area (Å²) >= 11 is 3.39. The third kappa shape index (κ3) is 5.05. The van der Waals surface area contributed by atoms with Gasteiger partial charge in [0.15, 0.2) is 5.54 Å². The van der Waals surface area contributed by atoms with Crippen molar-refractivity contribution in [3.8, 4) is 0 Å². The number of methoxy groups -OCH3 is 1. The normalized spacial score (nSPS) is 23.0. The molecule has 0 saturated heterocycles. The molecule has 0 bridgehead atoms. The summed E-state index contributed by atoms with van der Waals surface area (Å²) in [5.41, 5.74) is -0.701. The molecule has 2 aromatic carbocycles. The van der Waals surface area contributed by atoms with E-state index < -0.39 is 35.6 Å². The number of benzene rings is 2. The maximum atomic E-state index is 13.9. The summed E-state index contributed by atoms with van der Waals surface area (Å²) < 4.78 is 47.0. The van der Waals surface area contributed by atoms with Crippen molar-refractivity contribution in [2.24, 2.45) is 5.92 Å². The van der Waals surface area contributed by atoms with Gasteiger partial charge in [0.25, 0.3) is 0 Å². The monoisotopic (exact) mass is 521 g/mol. The number of hydrogen-bond donors (Lipinski definition) is 0. The van der Waals surface area contributed by atoms with E-state index in [2.05, 4.69) is 15.9 Å². The SMILES string of the molecule is COC(=O)[C@]1(CC=Cc2ccccc2)C=C[C@@H](C)[C@H](c2ccccc2Br)N1C(=O)C(F)(F)F. The summed E-state index contributed by atoms with van der Waals surface area (Å²) in [5.74, 6) is -3.54. The molecular weight excluding hydrogens is 499 g/mol. The van der Waals surface area contributed by atoms with E-state index >= 15 is 0 Å². The summed E-state index contributed by atoms with van der Waals surface area (Å²) in [4.78, 5) is 26.5. The smallest absolute Gasteiger partial charge is 0.467 e. The molecule has 0 aliphatic carbocycles. The predicted octanol–water partition coefficient (Wildman–Crippen LogP) is 6.10.